The van der Waals surface area contributed by atoms with Gasteiger partial charge in [-0.2, -0.15) is 0 Å². The Labute approximate surface area is 92.6 Å². The van der Waals surface area contributed by atoms with Crippen LogP contribution in [0.1, 0.15) is 6.92 Å². The van der Waals surface area contributed by atoms with Crippen LogP contribution in [0.15, 0.2) is 18.2 Å². The lowest BCUT2D eigenvalue weighted by Crippen LogP contribution is -2.05. The van der Waals surface area contributed by atoms with Gasteiger partial charge in [-0.15, -0.1) is 12.4 Å². The van der Waals surface area contributed by atoms with E-state index in [1.807, 2.05) is 0 Å². The van der Waals surface area contributed by atoms with Gasteiger partial charge < -0.3 is 5.32 Å². The van der Waals surface area contributed by atoms with Crippen LogP contribution in [-0.2, 0) is 4.79 Å². The molecule has 5 heteroatoms. The third-order valence-corrected chi connectivity index (χ3v) is 1.62. The molecule has 0 unspecified atom stereocenters. The summed E-state index contributed by atoms with van der Waals surface area (Å²) < 4.78 is 0. The first kappa shape index (κ1) is 12.6. The fourth-order valence-corrected chi connectivity index (χ4v) is 1.36. The topological polar surface area (TPSA) is 29.1 Å². The van der Waals surface area contributed by atoms with Crippen molar-refractivity contribution < 1.29 is 4.79 Å². The van der Waals surface area contributed by atoms with Gasteiger partial charge in [-0.3, -0.25) is 4.79 Å². The SMILES string of the molecule is CC(=O)Nc1cc(Cl)cc(Cl)c1.Cl. The lowest BCUT2D eigenvalue weighted by Gasteiger charge is -2.02. The maximum absolute atomic E-state index is 10.6. The monoisotopic (exact) mass is 239 g/mol. The van der Waals surface area contributed by atoms with Crippen molar-refractivity contribution >= 4 is 47.2 Å². The maximum Gasteiger partial charge on any atom is 0.221 e. The number of benzene rings is 1. The number of nitrogens with one attached hydrogen (secondary N) is 1. The average Bonchev–Trinajstić information content (AvgIpc) is 1.81. The zero-order valence-electron chi connectivity index (χ0n) is 6.80. The van der Waals surface area contributed by atoms with Crippen LogP contribution < -0.4 is 5.32 Å². The number of halogens is 3. The Balaban J connectivity index is 0.00000144. The highest BCUT2D eigenvalue weighted by molar-refractivity contribution is 6.35. The van der Waals surface area contributed by atoms with E-state index in [9.17, 15) is 4.79 Å². The first-order valence-electron chi connectivity index (χ1n) is 3.31. The molecular weight excluding hydrogens is 232 g/mol. The van der Waals surface area contributed by atoms with Crippen LogP contribution >= 0.6 is 35.6 Å². The molecule has 13 heavy (non-hydrogen) atoms. The Hall–Kier alpha value is -0.440. The molecule has 1 N–H and O–H groups in total. The molecule has 0 aliphatic heterocycles. The molecule has 0 saturated carbocycles. The summed E-state index contributed by atoms with van der Waals surface area (Å²) in [6, 6.07) is 4.87. The highest BCUT2D eigenvalue weighted by atomic mass is 35.5. The summed E-state index contributed by atoms with van der Waals surface area (Å²) in [5, 5.41) is 3.59. The van der Waals surface area contributed by atoms with E-state index in [1.54, 1.807) is 18.2 Å². The second kappa shape index (κ2) is 5.32. The molecule has 0 heterocycles. The van der Waals surface area contributed by atoms with E-state index in [4.69, 9.17) is 23.2 Å². The molecule has 0 spiro atoms. The highest BCUT2D eigenvalue weighted by Gasteiger charge is 1.98. The predicted molar refractivity (Wildman–Crippen MR) is 58.0 cm³/mol. The first-order valence-corrected chi connectivity index (χ1v) is 4.07. The molecular formula is C8H8Cl3NO. The highest BCUT2D eigenvalue weighted by Crippen LogP contribution is 2.22. The largest absolute Gasteiger partial charge is 0.326 e. The summed E-state index contributed by atoms with van der Waals surface area (Å²) >= 11 is 11.4. The number of anilines is 1. The zero-order valence-corrected chi connectivity index (χ0v) is 9.13. The second-order valence-electron chi connectivity index (χ2n) is 2.34. The standard InChI is InChI=1S/C8H7Cl2NO.ClH/c1-5(12)11-8-3-6(9)2-7(10)4-8;/h2-4H,1H3,(H,11,12);1H. The fraction of sp³-hybridized carbons (Fsp3) is 0.125. The second-order valence-corrected chi connectivity index (χ2v) is 3.21. The van der Waals surface area contributed by atoms with Gasteiger partial charge in [0, 0.05) is 22.7 Å². The third kappa shape index (κ3) is 4.36. The molecule has 1 aromatic rings. The normalized spacial score (nSPS) is 8.85. The molecule has 1 rings (SSSR count). The molecule has 0 aliphatic carbocycles. The minimum absolute atomic E-state index is 0. The molecule has 0 fully saturated rings. The summed E-state index contributed by atoms with van der Waals surface area (Å²) in [5.74, 6) is -0.145. The van der Waals surface area contributed by atoms with E-state index in [0.29, 0.717) is 15.7 Å². The minimum atomic E-state index is -0.145. The number of carbonyl (C=O) groups excluding carboxylic acids is 1. The fourth-order valence-electron chi connectivity index (χ4n) is 0.829. The summed E-state index contributed by atoms with van der Waals surface area (Å²) in [6.07, 6.45) is 0. The molecule has 0 radical (unpaired) electrons. The predicted octanol–water partition coefficient (Wildman–Crippen LogP) is 3.37. The average molecular weight is 241 g/mol. The van der Waals surface area contributed by atoms with Crippen LogP contribution in [0.4, 0.5) is 5.69 Å². The summed E-state index contributed by atoms with van der Waals surface area (Å²) in [6.45, 7) is 1.43. The number of hydrogen-bond acceptors (Lipinski definition) is 1. The van der Waals surface area contributed by atoms with Crippen LogP contribution in [0.3, 0.4) is 0 Å². The van der Waals surface area contributed by atoms with Crippen molar-refractivity contribution in [1.29, 1.82) is 0 Å². The zero-order chi connectivity index (χ0) is 9.14. The summed E-state index contributed by atoms with van der Waals surface area (Å²) in [4.78, 5) is 10.6. The van der Waals surface area contributed by atoms with Crippen LogP contribution in [0, 0.1) is 0 Å². The van der Waals surface area contributed by atoms with Gasteiger partial charge in [0.15, 0.2) is 0 Å². The quantitative estimate of drug-likeness (QED) is 0.801. The van der Waals surface area contributed by atoms with Gasteiger partial charge in [0.1, 0.15) is 0 Å². The van der Waals surface area contributed by atoms with Crippen molar-refractivity contribution in [2.75, 3.05) is 5.32 Å². The van der Waals surface area contributed by atoms with Gasteiger partial charge >= 0.3 is 0 Å². The van der Waals surface area contributed by atoms with Gasteiger partial charge in [-0.05, 0) is 18.2 Å². The Morgan fingerprint density at radius 1 is 1.23 bits per heavy atom. The van der Waals surface area contributed by atoms with Crippen LogP contribution in [-0.4, -0.2) is 5.91 Å². The summed E-state index contributed by atoms with van der Waals surface area (Å²) in [7, 11) is 0. The number of carbonyl (C=O) groups is 1. The molecule has 0 atom stereocenters. The smallest absolute Gasteiger partial charge is 0.221 e. The van der Waals surface area contributed by atoms with E-state index in [0.717, 1.165) is 0 Å². The van der Waals surface area contributed by atoms with Crippen molar-refractivity contribution in [3.05, 3.63) is 28.2 Å². The molecule has 72 valence electrons. The number of hydrogen-bond donors (Lipinski definition) is 1. The van der Waals surface area contributed by atoms with Crippen molar-refractivity contribution in [2.45, 2.75) is 6.92 Å². The van der Waals surface area contributed by atoms with Gasteiger partial charge in [-0.1, -0.05) is 23.2 Å². The van der Waals surface area contributed by atoms with E-state index >= 15 is 0 Å². The van der Waals surface area contributed by atoms with Crippen molar-refractivity contribution in [3.8, 4) is 0 Å². The first-order chi connectivity index (χ1) is 5.58. The molecule has 0 bridgehead atoms. The molecule has 2 nitrogen and oxygen atoms in total. The Morgan fingerprint density at radius 3 is 2.08 bits per heavy atom. The number of amides is 1. The van der Waals surface area contributed by atoms with E-state index in [1.165, 1.54) is 6.92 Å². The Bertz CT molecular complexity index is 294. The van der Waals surface area contributed by atoms with Gasteiger partial charge in [0.2, 0.25) is 5.91 Å². The van der Waals surface area contributed by atoms with E-state index in [-0.39, 0.29) is 18.3 Å². The van der Waals surface area contributed by atoms with Crippen molar-refractivity contribution in [3.63, 3.8) is 0 Å². The van der Waals surface area contributed by atoms with Gasteiger partial charge in [0.25, 0.3) is 0 Å². The van der Waals surface area contributed by atoms with Crippen LogP contribution in [0.5, 0.6) is 0 Å². The van der Waals surface area contributed by atoms with Crippen LogP contribution in [0.25, 0.3) is 0 Å². The molecule has 0 aromatic heterocycles. The van der Waals surface area contributed by atoms with Crippen molar-refractivity contribution in [2.24, 2.45) is 0 Å². The van der Waals surface area contributed by atoms with E-state index in [2.05, 4.69) is 5.32 Å². The van der Waals surface area contributed by atoms with Gasteiger partial charge in [0.05, 0.1) is 0 Å². The van der Waals surface area contributed by atoms with Crippen LogP contribution in [0.2, 0.25) is 10.0 Å². The molecule has 0 aliphatic rings. The minimum Gasteiger partial charge on any atom is -0.326 e. The maximum atomic E-state index is 10.6. The van der Waals surface area contributed by atoms with E-state index < -0.39 is 0 Å². The third-order valence-electron chi connectivity index (χ3n) is 1.18. The summed E-state index contributed by atoms with van der Waals surface area (Å²) in [5.41, 5.74) is 0.611. The number of rotatable bonds is 1. The molecule has 1 aromatic carbocycles. The lowest BCUT2D eigenvalue weighted by molar-refractivity contribution is -0.114. The van der Waals surface area contributed by atoms with Gasteiger partial charge in [-0.25, -0.2) is 0 Å². The van der Waals surface area contributed by atoms with Crippen molar-refractivity contribution in [1.82, 2.24) is 0 Å². The molecule has 1 amide bonds. The lowest BCUT2D eigenvalue weighted by atomic mass is 10.3. The Morgan fingerprint density at radius 2 is 1.69 bits per heavy atom. The Kier molecular flexibility index (Phi) is 5.14. The molecule has 0 saturated heterocycles.